The fraction of sp³-hybridized carbons (Fsp3) is 0.238. The normalized spacial score (nSPS) is 10.9. The molecular weight excluding hydrogens is 312 g/mol. The van der Waals surface area contributed by atoms with Crippen molar-refractivity contribution in [3.8, 4) is 0 Å². The second-order valence-corrected chi connectivity index (χ2v) is 6.65. The second kappa shape index (κ2) is 6.55. The first-order valence-electron chi connectivity index (χ1n) is 8.33. The molecule has 1 amide bonds. The van der Waals surface area contributed by atoms with Gasteiger partial charge >= 0.3 is 0 Å². The average Bonchev–Trinajstić information content (AvgIpc) is 2.50. The molecule has 3 aromatic rings. The average molecular weight is 334 g/mol. The van der Waals surface area contributed by atoms with Crippen LogP contribution in [0.5, 0.6) is 0 Å². The fourth-order valence-corrected chi connectivity index (χ4v) is 3.33. The number of hydrogen-bond acceptors (Lipinski definition) is 2. The summed E-state index contributed by atoms with van der Waals surface area (Å²) in [6, 6.07) is 13.4. The molecular formula is C21H22N2O2. The maximum atomic E-state index is 12.5. The van der Waals surface area contributed by atoms with E-state index in [2.05, 4.69) is 11.4 Å². The van der Waals surface area contributed by atoms with Crippen LogP contribution in [0.3, 0.4) is 0 Å². The van der Waals surface area contributed by atoms with Crippen LogP contribution in [-0.4, -0.2) is 10.5 Å². The van der Waals surface area contributed by atoms with Crippen molar-refractivity contribution in [2.45, 2.75) is 34.2 Å². The number of anilines is 1. The van der Waals surface area contributed by atoms with Crippen molar-refractivity contribution in [3.63, 3.8) is 0 Å². The second-order valence-electron chi connectivity index (χ2n) is 6.65. The zero-order chi connectivity index (χ0) is 18.1. The maximum Gasteiger partial charge on any atom is 0.251 e. The van der Waals surface area contributed by atoms with E-state index in [4.69, 9.17) is 0 Å². The summed E-state index contributed by atoms with van der Waals surface area (Å²) in [4.78, 5) is 25.0. The minimum absolute atomic E-state index is 0.00649. The van der Waals surface area contributed by atoms with Gasteiger partial charge in [0.15, 0.2) is 0 Å². The molecule has 0 saturated heterocycles. The number of nitrogens with zero attached hydrogens (tertiary/aromatic N) is 1. The minimum Gasteiger partial charge on any atom is -0.325 e. The smallest absolute Gasteiger partial charge is 0.251 e. The van der Waals surface area contributed by atoms with Gasteiger partial charge in [0.05, 0.1) is 5.52 Å². The number of carbonyl (C=O) groups excluding carboxylic acids is 1. The Bertz CT molecular complexity index is 1010. The molecule has 0 spiro atoms. The summed E-state index contributed by atoms with van der Waals surface area (Å²) in [6.45, 7) is 7.85. The molecule has 128 valence electrons. The maximum absolute atomic E-state index is 12.5. The number of fused-ring (bicyclic) bond motifs is 1. The van der Waals surface area contributed by atoms with Crippen LogP contribution in [0.2, 0.25) is 0 Å². The van der Waals surface area contributed by atoms with Crippen LogP contribution < -0.4 is 10.9 Å². The summed E-state index contributed by atoms with van der Waals surface area (Å²) in [5.41, 5.74) is 5.50. The van der Waals surface area contributed by atoms with Crippen LogP contribution in [0.25, 0.3) is 10.9 Å². The molecule has 4 nitrogen and oxygen atoms in total. The van der Waals surface area contributed by atoms with Gasteiger partial charge in [-0.3, -0.25) is 14.2 Å². The van der Waals surface area contributed by atoms with Crippen LogP contribution >= 0.6 is 0 Å². The van der Waals surface area contributed by atoms with E-state index in [1.807, 2.05) is 58.0 Å². The van der Waals surface area contributed by atoms with E-state index in [0.717, 1.165) is 38.8 Å². The first-order valence-corrected chi connectivity index (χ1v) is 8.33. The molecule has 0 atom stereocenters. The number of amides is 1. The van der Waals surface area contributed by atoms with Crippen molar-refractivity contribution in [2.24, 2.45) is 0 Å². The van der Waals surface area contributed by atoms with Crippen molar-refractivity contribution in [1.82, 2.24) is 4.57 Å². The molecule has 1 N–H and O–H groups in total. The quantitative estimate of drug-likeness (QED) is 0.790. The van der Waals surface area contributed by atoms with Gasteiger partial charge in [-0.2, -0.15) is 0 Å². The molecule has 0 aliphatic carbocycles. The van der Waals surface area contributed by atoms with Crippen molar-refractivity contribution >= 4 is 22.5 Å². The number of para-hydroxylation sites is 1. The van der Waals surface area contributed by atoms with Crippen molar-refractivity contribution in [2.75, 3.05) is 5.32 Å². The van der Waals surface area contributed by atoms with E-state index >= 15 is 0 Å². The molecule has 0 unspecified atom stereocenters. The zero-order valence-corrected chi connectivity index (χ0v) is 15.0. The number of nitrogens with one attached hydrogen (secondary N) is 1. The molecule has 2 aromatic carbocycles. The summed E-state index contributed by atoms with van der Waals surface area (Å²) in [5, 5.41) is 3.90. The number of pyridine rings is 1. The summed E-state index contributed by atoms with van der Waals surface area (Å²) >= 11 is 0. The molecule has 1 heterocycles. The molecule has 25 heavy (non-hydrogen) atoms. The van der Waals surface area contributed by atoms with Gasteiger partial charge in [-0.25, -0.2) is 0 Å². The summed E-state index contributed by atoms with van der Waals surface area (Å²) in [5.74, 6) is -0.208. The molecule has 0 radical (unpaired) electrons. The number of carbonyl (C=O) groups is 1. The van der Waals surface area contributed by atoms with E-state index in [-0.39, 0.29) is 18.0 Å². The van der Waals surface area contributed by atoms with Gasteiger partial charge in [0.25, 0.3) is 5.56 Å². The molecule has 0 aliphatic heterocycles. The molecule has 3 rings (SSSR count). The highest BCUT2D eigenvalue weighted by molar-refractivity contribution is 5.92. The largest absolute Gasteiger partial charge is 0.325 e. The zero-order valence-electron chi connectivity index (χ0n) is 15.0. The Hall–Kier alpha value is -2.88. The molecule has 1 aromatic heterocycles. The number of hydrogen-bond donors (Lipinski definition) is 1. The third-order valence-corrected chi connectivity index (χ3v) is 4.35. The van der Waals surface area contributed by atoms with Crippen molar-refractivity contribution in [1.29, 1.82) is 0 Å². The van der Waals surface area contributed by atoms with Crippen LogP contribution in [0.15, 0.2) is 47.3 Å². The fourth-order valence-electron chi connectivity index (χ4n) is 3.33. The van der Waals surface area contributed by atoms with Gasteiger partial charge in [-0.1, -0.05) is 24.3 Å². The first kappa shape index (κ1) is 17.0. The summed E-state index contributed by atoms with van der Waals surface area (Å²) in [7, 11) is 0. The Morgan fingerprint density at radius 2 is 1.64 bits per heavy atom. The van der Waals surface area contributed by atoms with Crippen LogP contribution in [-0.2, 0) is 11.3 Å². The third-order valence-electron chi connectivity index (χ3n) is 4.35. The van der Waals surface area contributed by atoms with Gasteiger partial charge in [0.1, 0.15) is 6.54 Å². The summed E-state index contributed by atoms with van der Waals surface area (Å²) in [6.07, 6.45) is 0. The first-order chi connectivity index (χ1) is 11.8. The highest BCUT2D eigenvalue weighted by atomic mass is 16.2. The highest BCUT2D eigenvalue weighted by Gasteiger charge is 2.12. The van der Waals surface area contributed by atoms with Gasteiger partial charge in [-0.15, -0.1) is 0 Å². The summed E-state index contributed by atoms with van der Waals surface area (Å²) < 4.78 is 1.55. The van der Waals surface area contributed by atoms with Gasteiger partial charge in [0.2, 0.25) is 5.91 Å². The highest BCUT2D eigenvalue weighted by Crippen LogP contribution is 2.20. The van der Waals surface area contributed by atoms with Crippen LogP contribution in [0, 0.1) is 27.7 Å². The number of aryl methyl sites for hydroxylation is 4. The lowest BCUT2D eigenvalue weighted by Crippen LogP contribution is -2.28. The monoisotopic (exact) mass is 334 g/mol. The SMILES string of the molecule is Cc1cc(C)cc(NC(=O)Cn2c(=O)cc(C)c3cccc(C)c32)c1. The van der Waals surface area contributed by atoms with E-state index in [9.17, 15) is 9.59 Å². The van der Waals surface area contributed by atoms with E-state index in [0.29, 0.717) is 0 Å². The standard InChI is InChI=1S/C21H22N2O2/c1-13-8-14(2)10-17(9-13)22-19(24)12-23-20(25)11-16(4)18-7-5-6-15(3)21(18)23/h5-11H,12H2,1-4H3,(H,22,24). The number of rotatable bonds is 3. The van der Waals surface area contributed by atoms with Crippen LogP contribution in [0.4, 0.5) is 5.69 Å². The Balaban J connectivity index is 1.98. The Morgan fingerprint density at radius 3 is 2.32 bits per heavy atom. The van der Waals surface area contributed by atoms with E-state index in [1.165, 1.54) is 0 Å². The molecule has 4 heteroatoms. The Kier molecular flexibility index (Phi) is 4.45. The topological polar surface area (TPSA) is 51.1 Å². The number of aromatic nitrogens is 1. The third kappa shape index (κ3) is 3.48. The van der Waals surface area contributed by atoms with E-state index in [1.54, 1.807) is 10.6 Å². The predicted octanol–water partition coefficient (Wildman–Crippen LogP) is 3.87. The molecule has 0 aliphatic rings. The predicted molar refractivity (Wildman–Crippen MR) is 102 cm³/mol. The van der Waals surface area contributed by atoms with Gasteiger partial charge < -0.3 is 5.32 Å². The lowest BCUT2D eigenvalue weighted by molar-refractivity contribution is -0.116. The lowest BCUT2D eigenvalue weighted by Gasteiger charge is -2.14. The molecule has 0 fully saturated rings. The van der Waals surface area contributed by atoms with Crippen LogP contribution in [0.1, 0.15) is 22.3 Å². The van der Waals surface area contributed by atoms with Crippen molar-refractivity contribution in [3.05, 3.63) is 75.1 Å². The lowest BCUT2D eigenvalue weighted by atomic mass is 10.1. The minimum atomic E-state index is -0.208. The van der Waals surface area contributed by atoms with Gasteiger partial charge in [-0.05, 0) is 62.1 Å². The van der Waals surface area contributed by atoms with Crippen molar-refractivity contribution < 1.29 is 4.79 Å². The van der Waals surface area contributed by atoms with Gasteiger partial charge in [0, 0.05) is 17.1 Å². The Labute approximate surface area is 147 Å². The molecule has 0 bridgehead atoms. The van der Waals surface area contributed by atoms with E-state index < -0.39 is 0 Å². The molecule has 0 saturated carbocycles. The number of benzene rings is 2. The Morgan fingerprint density at radius 1 is 0.960 bits per heavy atom.